The smallest absolute Gasteiger partial charge is 0.160 e. The van der Waals surface area contributed by atoms with E-state index in [2.05, 4.69) is 12.6 Å². The average molecular weight is 273 g/mol. The van der Waals surface area contributed by atoms with Crippen molar-refractivity contribution in [2.24, 2.45) is 0 Å². The van der Waals surface area contributed by atoms with Crippen molar-refractivity contribution >= 4 is 35.8 Å². The van der Waals surface area contributed by atoms with Gasteiger partial charge in [0.05, 0.1) is 10.0 Å². The summed E-state index contributed by atoms with van der Waals surface area (Å²) in [6, 6.07) is 10.6. The molecule has 0 saturated carbocycles. The first-order chi connectivity index (χ1) is 7.59. The van der Waals surface area contributed by atoms with E-state index < -0.39 is 5.82 Å². The lowest BCUT2D eigenvalue weighted by molar-refractivity contribution is 0.629. The number of halogens is 3. The fraction of sp³-hybridized carbons (Fsp3) is 0. The number of hydrogen-bond acceptors (Lipinski definition) is 1. The minimum absolute atomic E-state index is 0.0130. The van der Waals surface area contributed by atoms with E-state index in [9.17, 15) is 4.39 Å². The maximum Gasteiger partial charge on any atom is 0.160 e. The van der Waals surface area contributed by atoms with Crippen LogP contribution >= 0.6 is 35.8 Å². The molecule has 0 unspecified atom stereocenters. The summed E-state index contributed by atoms with van der Waals surface area (Å²) in [5.41, 5.74) is 1.62. The Morgan fingerprint density at radius 2 is 1.56 bits per heavy atom. The van der Waals surface area contributed by atoms with E-state index in [1.54, 1.807) is 0 Å². The Bertz CT molecular complexity index is 517. The second-order valence-corrected chi connectivity index (χ2v) is 4.57. The summed E-state index contributed by atoms with van der Waals surface area (Å²) in [5, 5.41) is 0.0261. The normalized spacial score (nSPS) is 10.5. The van der Waals surface area contributed by atoms with Crippen molar-refractivity contribution in [2.75, 3.05) is 0 Å². The van der Waals surface area contributed by atoms with E-state index >= 15 is 0 Å². The third kappa shape index (κ3) is 2.19. The van der Waals surface area contributed by atoms with E-state index in [1.807, 2.05) is 24.3 Å². The van der Waals surface area contributed by atoms with Crippen molar-refractivity contribution in [3.63, 3.8) is 0 Å². The van der Waals surface area contributed by atoms with Crippen LogP contribution in [-0.4, -0.2) is 0 Å². The van der Waals surface area contributed by atoms with Gasteiger partial charge >= 0.3 is 0 Å². The molecule has 0 bridgehead atoms. The van der Waals surface area contributed by atoms with E-state index in [1.165, 1.54) is 12.1 Å². The van der Waals surface area contributed by atoms with Crippen molar-refractivity contribution < 1.29 is 4.39 Å². The van der Waals surface area contributed by atoms with Crippen LogP contribution in [-0.2, 0) is 0 Å². The summed E-state index contributed by atoms with van der Waals surface area (Å²) < 4.78 is 13.2. The van der Waals surface area contributed by atoms with Gasteiger partial charge in [0.2, 0.25) is 0 Å². The zero-order valence-electron chi connectivity index (χ0n) is 8.05. The zero-order valence-corrected chi connectivity index (χ0v) is 10.5. The van der Waals surface area contributed by atoms with Crippen LogP contribution in [0.2, 0.25) is 10.0 Å². The Hall–Kier alpha value is -0.700. The molecule has 0 amide bonds. The van der Waals surface area contributed by atoms with Crippen molar-refractivity contribution in [1.29, 1.82) is 0 Å². The molecule has 2 rings (SSSR count). The highest BCUT2D eigenvalue weighted by Crippen LogP contribution is 2.33. The average Bonchev–Trinajstić information content (AvgIpc) is 2.26. The molecule has 0 aliphatic carbocycles. The molecule has 0 fully saturated rings. The van der Waals surface area contributed by atoms with Crippen molar-refractivity contribution in [2.45, 2.75) is 4.90 Å². The molecule has 0 aliphatic rings. The van der Waals surface area contributed by atoms with Crippen LogP contribution < -0.4 is 0 Å². The van der Waals surface area contributed by atoms with Gasteiger partial charge in [0, 0.05) is 4.90 Å². The summed E-state index contributed by atoms with van der Waals surface area (Å²) in [5.74, 6) is -0.594. The molecule has 2 aromatic carbocycles. The number of benzene rings is 2. The quantitative estimate of drug-likeness (QED) is 0.543. The van der Waals surface area contributed by atoms with Gasteiger partial charge in [-0.05, 0) is 29.3 Å². The molecular weight excluding hydrogens is 266 g/mol. The molecule has 0 heterocycles. The molecule has 0 N–H and O–H groups in total. The molecule has 0 atom stereocenters. The van der Waals surface area contributed by atoms with E-state index in [4.69, 9.17) is 23.2 Å². The molecular formula is C12H7Cl2FS. The molecule has 0 aliphatic heterocycles. The van der Waals surface area contributed by atoms with Gasteiger partial charge in [-0.1, -0.05) is 41.4 Å². The third-order valence-corrected chi connectivity index (χ3v) is 3.14. The maximum absolute atomic E-state index is 13.2. The van der Waals surface area contributed by atoms with Gasteiger partial charge in [0.15, 0.2) is 5.82 Å². The van der Waals surface area contributed by atoms with Crippen LogP contribution in [0.1, 0.15) is 0 Å². The zero-order chi connectivity index (χ0) is 11.7. The molecule has 0 radical (unpaired) electrons. The standard InChI is InChI=1S/C12H7Cl2FS/c13-9-5-7(6-10(14)12(9)15)8-3-1-2-4-11(8)16/h1-6,16H. The SMILES string of the molecule is Fc1c(Cl)cc(-c2ccccc2S)cc1Cl. The Labute approximate surface area is 108 Å². The van der Waals surface area contributed by atoms with E-state index in [0.29, 0.717) is 0 Å². The first-order valence-corrected chi connectivity index (χ1v) is 5.73. The topological polar surface area (TPSA) is 0 Å². The predicted molar refractivity (Wildman–Crippen MR) is 69.1 cm³/mol. The molecule has 4 heteroatoms. The van der Waals surface area contributed by atoms with Gasteiger partial charge in [-0.15, -0.1) is 12.6 Å². The molecule has 0 saturated heterocycles. The molecule has 16 heavy (non-hydrogen) atoms. The van der Waals surface area contributed by atoms with Crippen LogP contribution in [0, 0.1) is 5.82 Å². The highest BCUT2D eigenvalue weighted by molar-refractivity contribution is 7.80. The summed E-state index contributed by atoms with van der Waals surface area (Å²) in [6.07, 6.45) is 0. The first kappa shape index (κ1) is 11.8. The molecule has 0 spiro atoms. The van der Waals surface area contributed by atoms with Gasteiger partial charge in [0.25, 0.3) is 0 Å². The van der Waals surface area contributed by atoms with Crippen LogP contribution in [0.25, 0.3) is 11.1 Å². The second kappa shape index (κ2) is 4.66. The lowest BCUT2D eigenvalue weighted by Gasteiger charge is -2.07. The highest BCUT2D eigenvalue weighted by Gasteiger charge is 2.10. The molecule has 0 aromatic heterocycles. The van der Waals surface area contributed by atoms with Gasteiger partial charge in [-0.25, -0.2) is 4.39 Å². The summed E-state index contributed by atoms with van der Waals surface area (Å²) in [6.45, 7) is 0. The van der Waals surface area contributed by atoms with Gasteiger partial charge < -0.3 is 0 Å². The van der Waals surface area contributed by atoms with Gasteiger partial charge in [-0.2, -0.15) is 0 Å². The lowest BCUT2D eigenvalue weighted by Crippen LogP contribution is -1.84. The van der Waals surface area contributed by atoms with Gasteiger partial charge in [-0.3, -0.25) is 0 Å². The van der Waals surface area contributed by atoms with Crippen LogP contribution in [0.5, 0.6) is 0 Å². The fourth-order valence-corrected chi connectivity index (χ4v) is 2.21. The summed E-state index contributed by atoms with van der Waals surface area (Å²) >= 11 is 15.8. The Morgan fingerprint density at radius 1 is 1.00 bits per heavy atom. The molecule has 82 valence electrons. The van der Waals surface area contributed by atoms with Crippen molar-refractivity contribution in [3.05, 3.63) is 52.3 Å². The Kier molecular flexibility index (Phi) is 3.43. The minimum Gasteiger partial charge on any atom is -0.204 e. The predicted octanol–water partition coefficient (Wildman–Crippen LogP) is 5.09. The summed E-state index contributed by atoms with van der Waals surface area (Å²) in [7, 11) is 0. The van der Waals surface area contributed by atoms with Crippen molar-refractivity contribution in [3.8, 4) is 11.1 Å². The Morgan fingerprint density at radius 3 is 2.12 bits per heavy atom. The number of rotatable bonds is 1. The van der Waals surface area contributed by atoms with Gasteiger partial charge in [0.1, 0.15) is 0 Å². The number of thiol groups is 1. The minimum atomic E-state index is -0.594. The molecule has 0 nitrogen and oxygen atoms in total. The summed E-state index contributed by atoms with van der Waals surface area (Å²) in [4.78, 5) is 0.793. The second-order valence-electron chi connectivity index (χ2n) is 3.27. The molecule has 2 aromatic rings. The third-order valence-electron chi connectivity index (χ3n) is 2.20. The van der Waals surface area contributed by atoms with Crippen LogP contribution in [0.4, 0.5) is 4.39 Å². The van der Waals surface area contributed by atoms with E-state index in [0.717, 1.165) is 16.0 Å². The number of hydrogen-bond donors (Lipinski definition) is 1. The monoisotopic (exact) mass is 272 g/mol. The van der Waals surface area contributed by atoms with Crippen LogP contribution in [0.15, 0.2) is 41.3 Å². The fourth-order valence-electron chi connectivity index (χ4n) is 1.43. The van der Waals surface area contributed by atoms with E-state index in [-0.39, 0.29) is 10.0 Å². The maximum atomic E-state index is 13.2. The lowest BCUT2D eigenvalue weighted by atomic mass is 10.1. The highest BCUT2D eigenvalue weighted by atomic mass is 35.5. The Balaban J connectivity index is 2.62. The van der Waals surface area contributed by atoms with Crippen LogP contribution in [0.3, 0.4) is 0 Å². The largest absolute Gasteiger partial charge is 0.204 e. The first-order valence-electron chi connectivity index (χ1n) is 4.52. The van der Waals surface area contributed by atoms with Crippen molar-refractivity contribution in [1.82, 2.24) is 0 Å².